The summed E-state index contributed by atoms with van der Waals surface area (Å²) in [6.07, 6.45) is 0.882. The van der Waals surface area contributed by atoms with Gasteiger partial charge in [-0.3, -0.25) is 0 Å². The minimum absolute atomic E-state index is 0.578. The van der Waals surface area contributed by atoms with E-state index >= 15 is 0 Å². The van der Waals surface area contributed by atoms with Crippen molar-refractivity contribution in [2.24, 2.45) is 0 Å². The number of rotatable bonds is 3. The molecule has 0 aliphatic heterocycles. The minimum atomic E-state index is 0.578. The van der Waals surface area contributed by atoms with Crippen LogP contribution in [0.2, 0.25) is 0 Å². The lowest BCUT2D eigenvalue weighted by molar-refractivity contribution is 0.715. The predicted molar refractivity (Wildman–Crippen MR) is 74.7 cm³/mol. The maximum absolute atomic E-state index is 6.00. The number of nitrogens with two attached hydrogens (primary N) is 1. The molecule has 92 valence electrons. The normalized spacial score (nSPS) is 11.2. The smallest absolute Gasteiger partial charge is 0.201 e. The number of nitrogens with zero attached hydrogens (tertiary/aromatic N) is 3. The molecular formula is C13H14N4S. The zero-order valence-electron chi connectivity index (χ0n) is 10.1. The van der Waals surface area contributed by atoms with E-state index in [9.17, 15) is 0 Å². The first kappa shape index (κ1) is 11.2. The van der Waals surface area contributed by atoms with E-state index in [0.717, 1.165) is 29.7 Å². The Morgan fingerprint density at radius 2 is 2.28 bits per heavy atom. The van der Waals surface area contributed by atoms with E-state index in [0.29, 0.717) is 5.95 Å². The van der Waals surface area contributed by atoms with Crippen molar-refractivity contribution < 1.29 is 0 Å². The molecule has 2 heterocycles. The molecule has 0 saturated carbocycles. The van der Waals surface area contributed by atoms with Crippen LogP contribution in [0.1, 0.15) is 11.3 Å². The van der Waals surface area contributed by atoms with E-state index in [1.165, 1.54) is 5.56 Å². The third kappa shape index (κ3) is 1.86. The first-order valence-corrected chi connectivity index (χ1v) is 6.78. The highest BCUT2D eigenvalue weighted by Crippen LogP contribution is 2.21. The number of fused-ring (bicyclic) bond motifs is 1. The van der Waals surface area contributed by atoms with Crippen molar-refractivity contribution in [3.63, 3.8) is 0 Å². The lowest BCUT2D eigenvalue weighted by Crippen LogP contribution is -2.06. The van der Waals surface area contributed by atoms with Gasteiger partial charge in [0.15, 0.2) is 0 Å². The van der Waals surface area contributed by atoms with Crippen LogP contribution in [-0.2, 0) is 13.0 Å². The van der Waals surface area contributed by atoms with Gasteiger partial charge in [0.2, 0.25) is 5.95 Å². The van der Waals surface area contributed by atoms with Crippen LogP contribution in [0, 0.1) is 6.92 Å². The highest BCUT2D eigenvalue weighted by atomic mass is 32.1. The average molecular weight is 258 g/mol. The van der Waals surface area contributed by atoms with E-state index in [1.807, 2.05) is 17.6 Å². The average Bonchev–Trinajstić information content (AvgIpc) is 2.94. The number of benzene rings is 1. The molecule has 5 heteroatoms. The summed E-state index contributed by atoms with van der Waals surface area (Å²) in [4.78, 5) is 8.69. The Morgan fingerprint density at radius 1 is 1.39 bits per heavy atom. The Morgan fingerprint density at radius 3 is 3.06 bits per heavy atom. The number of imidazole rings is 1. The molecular weight excluding hydrogens is 244 g/mol. The standard InChI is InChI=1S/C13H14N4S/c1-9-3-2-4-11-12(9)17(13(14)16-11)6-5-10-7-18-8-15-10/h2-4,7-8H,5-6H2,1H3,(H2,14,16). The highest BCUT2D eigenvalue weighted by Gasteiger charge is 2.10. The predicted octanol–water partition coefficient (Wildman–Crippen LogP) is 2.63. The molecule has 3 rings (SSSR count). The lowest BCUT2D eigenvalue weighted by atomic mass is 10.2. The Balaban J connectivity index is 1.98. The molecule has 18 heavy (non-hydrogen) atoms. The van der Waals surface area contributed by atoms with Crippen molar-refractivity contribution >= 4 is 28.3 Å². The topological polar surface area (TPSA) is 56.7 Å². The summed E-state index contributed by atoms with van der Waals surface area (Å²) in [5, 5.41) is 2.07. The maximum Gasteiger partial charge on any atom is 0.201 e. The van der Waals surface area contributed by atoms with Crippen molar-refractivity contribution in [1.29, 1.82) is 0 Å². The largest absolute Gasteiger partial charge is 0.369 e. The second kappa shape index (κ2) is 4.42. The van der Waals surface area contributed by atoms with Gasteiger partial charge in [-0.15, -0.1) is 11.3 Å². The zero-order valence-corrected chi connectivity index (χ0v) is 10.9. The summed E-state index contributed by atoms with van der Waals surface area (Å²) >= 11 is 1.62. The van der Waals surface area contributed by atoms with Gasteiger partial charge in [-0.2, -0.15) is 0 Å². The Kier molecular flexibility index (Phi) is 2.76. The van der Waals surface area contributed by atoms with Gasteiger partial charge in [0.05, 0.1) is 22.2 Å². The third-order valence-corrected chi connectivity index (χ3v) is 3.71. The SMILES string of the molecule is Cc1cccc2nc(N)n(CCc3cscn3)c12. The lowest BCUT2D eigenvalue weighted by Gasteiger charge is -2.06. The van der Waals surface area contributed by atoms with Gasteiger partial charge in [0.1, 0.15) is 0 Å². The number of thiazole rings is 1. The van der Waals surface area contributed by atoms with Crippen LogP contribution >= 0.6 is 11.3 Å². The van der Waals surface area contributed by atoms with E-state index in [4.69, 9.17) is 5.73 Å². The second-order valence-electron chi connectivity index (χ2n) is 4.29. The molecule has 2 N–H and O–H groups in total. The summed E-state index contributed by atoms with van der Waals surface area (Å²) in [5.41, 5.74) is 12.3. The molecule has 0 spiro atoms. The Labute approximate surface area is 109 Å². The van der Waals surface area contributed by atoms with Crippen LogP contribution in [0.4, 0.5) is 5.95 Å². The molecule has 0 saturated heterocycles. The molecule has 0 unspecified atom stereocenters. The molecule has 2 aromatic heterocycles. The fraction of sp³-hybridized carbons (Fsp3) is 0.231. The molecule has 1 aromatic carbocycles. The number of hydrogen-bond acceptors (Lipinski definition) is 4. The van der Waals surface area contributed by atoms with Gasteiger partial charge < -0.3 is 10.3 Å². The number of hydrogen-bond donors (Lipinski definition) is 1. The molecule has 0 radical (unpaired) electrons. The fourth-order valence-corrected chi connectivity index (χ4v) is 2.79. The summed E-state index contributed by atoms with van der Waals surface area (Å²) in [6, 6.07) is 6.09. The van der Waals surface area contributed by atoms with E-state index in [-0.39, 0.29) is 0 Å². The fourth-order valence-electron chi connectivity index (χ4n) is 2.20. The maximum atomic E-state index is 6.00. The number of para-hydroxylation sites is 1. The monoisotopic (exact) mass is 258 g/mol. The Bertz CT molecular complexity index is 670. The summed E-state index contributed by atoms with van der Waals surface area (Å²) in [5.74, 6) is 0.578. The molecule has 0 fully saturated rings. The molecule has 0 bridgehead atoms. The number of anilines is 1. The van der Waals surface area contributed by atoms with Crippen LogP contribution < -0.4 is 5.73 Å². The number of nitrogen functional groups attached to an aromatic ring is 1. The van der Waals surface area contributed by atoms with Gasteiger partial charge >= 0.3 is 0 Å². The van der Waals surface area contributed by atoms with Gasteiger partial charge in [0, 0.05) is 18.3 Å². The molecule has 4 nitrogen and oxygen atoms in total. The van der Waals surface area contributed by atoms with Crippen LogP contribution in [-0.4, -0.2) is 14.5 Å². The van der Waals surface area contributed by atoms with Crippen LogP contribution in [0.25, 0.3) is 11.0 Å². The van der Waals surface area contributed by atoms with Gasteiger partial charge in [-0.25, -0.2) is 9.97 Å². The molecule has 0 amide bonds. The van der Waals surface area contributed by atoms with Crippen LogP contribution in [0.3, 0.4) is 0 Å². The number of aromatic nitrogens is 3. The second-order valence-corrected chi connectivity index (χ2v) is 5.01. The molecule has 0 atom stereocenters. The zero-order chi connectivity index (χ0) is 12.5. The van der Waals surface area contributed by atoms with Crippen molar-refractivity contribution in [3.05, 3.63) is 40.3 Å². The summed E-state index contributed by atoms with van der Waals surface area (Å²) in [7, 11) is 0. The van der Waals surface area contributed by atoms with Crippen molar-refractivity contribution in [2.45, 2.75) is 19.9 Å². The molecule has 3 aromatic rings. The van der Waals surface area contributed by atoms with E-state index in [2.05, 4.69) is 32.9 Å². The van der Waals surface area contributed by atoms with Gasteiger partial charge in [0.25, 0.3) is 0 Å². The quantitative estimate of drug-likeness (QED) is 0.785. The van der Waals surface area contributed by atoms with Crippen molar-refractivity contribution in [3.8, 4) is 0 Å². The third-order valence-electron chi connectivity index (χ3n) is 3.07. The minimum Gasteiger partial charge on any atom is -0.369 e. The van der Waals surface area contributed by atoms with Crippen molar-refractivity contribution in [2.75, 3.05) is 5.73 Å². The van der Waals surface area contributed by atoms with Gasteiger partial charge in [-0.05, 0) is 18.6 Å². The van der Waals surface area contributed by atoms with Crippen LogP contribution in [0.5, 0.6) is 0 Å². The summed E-state index contributed by atoms with van der Waals surface area (Å²) < 4.78 is 2.07. The van der Waals surface area contributed by atoms with Crippen LogP contribution in [0.15, 0.2) is 29.1 Å². The first-order chi connectivity index (χ1) is 8.75. The summed E-state index contributed by atoms with van der Waals surface area (Å²) in [6.45, 7) is 2.90. The highest BCUT2D eigenvalue weighted by molar-refractivity contribution is 7.07. The Hall–Kier alpha value is -1.88. The van der Waals surface area contributed by atoms with Gasteiger partial charge in [-0.1, -0.05) is 12.1 Å². The van der Waals surface area contributed by atoms with E-state index < -0.39 is 0 Å². The van der Waals surface area contributed by atoms with Crippen molar-refractivity contribution in [1.82, 2.24) is 14.5 Å². The number of aryl methyl sites for hydroxylation is 3. The first-order valence-electron chi connectivity index (χ1n) is 5.84. The molecule has 0 aliphatic rings. The van der Waals surface area contributed by atoms with E-state index in [1.54, 1.807) is 11.3 Å². The molecule has 0 aliphatic carbocycles.